The van der Waals surface area contributed by atoms with Crippen LogP contribution < -0.4 is 0 Å². The molecule has 0 bridgehead atoms. The van der Waals surface area contributed by atoms with Crippen LogP contribution in [0, 0.1) is 5.92 Å². The maximum Gasteiger partial charge on any atom is 0.0599 e. The summed E-state index contributed by atoms with van der Waals surface area (Å²) in [7, 11) is 0. The van der Waals surface area contributed by atoms with Gasteiger partial charge in [0.1, 0.15) is 0 Å². The maximum absolute atomic E-state index is 5.69. The molecular weight excluding hydrogens is 226 g/mol. The molecule has 108 valence electrons. The summed E-state index contributed by atoms with van der Waals surface area (Å²) in [6, 6.07) is 0. The quantitative estimate of drug-likeness (QED) is 0.593. The summed E-state index contributed by atoms with van der Waals surface area (Å²) in [5, 5.41) is 0. The summed E-state index contributed by atoms with van der Waals surface area (Å²) in [6.07, 6.45) is 5.34. The molecule has 0 aromatic carbocycles. The summed E-state index contributed by atoms with van der Waals surface area (Å²) in [5.41, 5.74) is 0. The van der Waals surface area contributed by atoms with E-state index in [2.05, 4.69) is 25.7 Å². The van der Waals surface area contributed by atoms with E-state index in [0.717, 1.165) is 32.3 Å². The number of nitrogens with zero attached hydrogens (tertiary/aromatic N) is 1. The minimum atomic E-state index is 0.498. The van der Waals surface area contributed by atoms with E-state index < -0.39 is 0 Å². The summed E-state index contributed by atoms with van der Waals surface area (Å²) in [6.45, 7) is 12.7. The summed E-state index contributed by atoms with van der Waals surface area (Å²) >= 11 is 0. The molecule has 0 aromatic rings. The minimum Gasteiger partial charge on any atom is -0.380 e. The fourth-order valence-electron chi connectivity index (χ4n) is 2.42. The van der Waals surface area contributed by atoms with Crippen molar-refractivity contribution in [1.82, 2.24) is 4.90 Å². The van der Waals surface area contributed by atoms with Crippen LogP contribution in [0.2, 0.25) is 0 Å². The van der Waals surface area contributed by atoms with Gasteiger partial charge in [0.05, 0.1) is 12.7 Å². The molecule has 0 unspecified atom stereocenters. The second-order valence-corrected chi connectivity index (χ2v) is 5.64. The van der Waals surface area contributed by atoms with Crippen LogP contribution in [0.3, 0.4) is 0 Å². The topological polar surface area (TPSA) is 21.7 Å². The second-order valence-electron chi connectivity index (χ2n) is 5.64. The van der Waals surface area contributed by atoms with Crippen LogP contribution in [-0.2, 0) is 9.47 Å². The van der Waals surface area contributed by atoms with Gasteiger partial charge >= 0.3 is 0 Å². The Bertz CT molecular complexity index is 189. The van der Waals surface area contributed by atoms with Gasteiger partial charge in [-0.1, -0.05) is 13.8 Å². The molecular formula is C15H31NO2. The Labute approximate surface area is 113 Å². The smallest absolute Gasteiger partial charge is 0.0599 e. The molecule has 0 aliphatic carbocycles. The van der Waals surface area contributed by atoms with Crippen molar-refractivity contribution < 1.29 is 9.47 Å². The predicted octanol–water partition coefficient (Wildman–Crippen LogP) is 2.94. The van der Waals surface area contributed by atoms with Gasteiger partial charge in [0.25, 0.3) is 0 Å². The van der Waals surface area contributed by atoms with Gasteiger partial charge in [-0.15, -0.1) is 0 Å². The first kappa shape index (κ1) is 15.9. The molecule has 0 aromatic heterocycles. The van der Waals surface area contributed by atoms with Crippen LogP contribution in [-0.4, -0.2) is 50.5 Å². The largest absolute Gasteiger partial charge is 0.380 e. The fourth-order valence-corrected chi connectivity index (χ4v) is 2.42. The lowest BCUT2D eigenvalue weighted by Crippen LogP contribution is -2.38. The van der Waals surface area contributed by atoms with E-state index in [4.69, 9.17) is 9.47 Å². The van der Waals surface area contributed by atoms with E-state index in [0.29, 0.717) is 6.10 Å². The third-order valence-corrected chi connectivity index (χ3v) is 3.56. The van der Waals surface area contributed by atoms with Gasteiger partial charge in [0.15, 0.2) is 0 Å². The monoisotopic (exact) mass is 257 g/mol. The van der Waals surface area contributed by atoms with Crippen molar-refractivity contribution in [2.75, 3.05) is 39.5 Å². The van der Waals surface area contributed by atoms with Gasteiger partial charge < -0.3 is 14.4 Å². The molecule has 0 N–H and O–H groups in total. The van der Waals surface area contributed by atoms with Gasteiger partial charge in [0.2, 0.25) is 0 Å². The third-order valence-electron chi connectivity index (χ3n) is 3.56. The van der Waals surface area contributed by atoms with Gasteiger partial charge in [-0.05, 0) is 38.5 Å². The van der Waals surface area contributed by atoms with E-state index in [-0.39, 0.29) is 0 Å². The van der Waals surface area contributed by atoms with Crippen LogP contribution >= 0.6 is 0 Å². The van der Waals surface area contributed by atoms with E-state index in [1.807, 2.05) is 0 Å². The molecule has 0 spiro atoms. The molecule has 1 rings (SSSR count). The Kier molecular flexibility index (Phi) is 8.64. The number of rotatable bonds is 9. The molecule has 0 saturated carbocycles. The molecule has 0 amide bonds. The van der Waals surface area contributed by atoms with E-state index >= 15 is 0 Å². The maximum atomic E-state index is 5.69. The molecule has 1 aliphatic rings. The van der Waals surface area contributed by atoms with Crippen LogP contribution in [0.25, 0.3) is 0 Å². The Morgan fingerprint density at radius 3 is 2.50 bits per heavy atom. The zero-order chi connectivity index (χ0) is 13.2. The van der Waals surface area contributed by atoms with Crippen molar-refractivity contribution in [3.63, 3.8) is 0 Å². The molecule has 1 saturated heterocycles. The van der Waals surface area contributed by atoms with Gasteiger partial charge in [0, 0.05) is 32.8 Å². The first-order valence-electron chi connectivity index (χ1n) is 7.64. The van der Waals surface area contributed by atoms with Gasteiger partial charge in [-0.25, -0.2) is 0 Å². The highest BCUT2D eigenvalue weighted by molar-refractivity contribution is 4.72. The zero-order valence-corrected chi connectivity index (χ0v) is 12.5. The van der Waals surface area contributed by atoms with Crippen molar-refractivity contribution in [1.29, 1.82) is 0 Å². The van der Waals surface area contributed by atoms with Gasteiger partial charge in [-0.2, -0.15) is 0 Å². The average molecular weight is 257 g/mol. The highest BCUT2D eigenvalue weighted by atomic mass is 16.5. The van der Waals surface area contributed by atoms with Crippen molar-refractivity contribution in [2.45, 2.75) is 52.6 Å². The number of piperidine rings is 1. The summed E-state index contributed by atoms with van der Waals surface area (Å²) < 4.78 is 11.3. The Balaban J connectivity index is 1.91. The van der Waals surface area contributed by atoms with E-state index in [1.165, 1.54) is 38.8 Å². The van der Waals surface area contributed by atoms with Crippen LogP contribution in [0.15, 0.2) is 0 Å². The molecule has 1 fully saturated rings. The van der Waals surface area contributed by atoms with Gasteiger partial charge in [-0.3, -0.25) is 0 Å². The Hall–Kier alpha value is -0.120. The molecule has 3 heteroatoms. The molecule has 3 nitrogen and oxygen atoms in total. The number of ether oxygens (including phenoxy) is 2. The van der Waals surface area contributed by atoms with E-state index in [1.54, 1.807) is 0 Å². The fraction of sp³-hybridized carbons (Fsp3) is 1.00. The first-order chi connectivity index (χ1) is 8.72. The normalized spacial score (nSPS) is 18.7. The Morgan fingerprint density at radius 2 is 1.89 bits per heavy atom. The number of likely N-dealkylation sites (tertiary alicyclic amines) is 1. The highest BCUT2D eigenvalue weighted by Crippen LogP contribution is 2.13. The highest BCUT2D eigenvalue weighted by Gasteiger charge is 2.18. The van der Waals surface area contributed by atoms with Crippen LogP contribution in [0.1, 0.15) is 46.5 Å². The first-order valence-corrected chi connectivity index (χ1v) is 7.64. The average Bonchev–Trinajstić information content (AvgIpc) is 2.35. The molecule has 1 heterocycles. The Morgan fingerprint density at radius 1 is 1.17 bits per heavy atom. The molecule has 1 aliphatic heterocycles. The van der Waals surface area contributed by atoms with Crippen LogP contribution in [0.4, 0.5) is 0 Å². The SMILES string of the molecule is CCOC1CCN(CCOCCCC(C)C)CC1. The predicted molar refractivity (Wildman–Crippen MR) is 76.0 cm³/mol. The van der Waals surface area contributed by atoms with Crippen molar-refractivity contribution in [3.05, 3.63) is 0 Å². The minimum absolute atomic E-state index is 0.498. The number of hydrogen-bond acceptors (Lipinski definition) is 3. The van der Waals surface area contributed by atoms with E-state index in [9.17, 15) is 0 Å². The van der Waals surface area contributed by atoms with Crippen molar-refractivity contribution >= 4 is 0 Å². The lowest BCUT2D eigenvalue weighted by atomic mass is 10.1. The lowest BCUT2D eigenvalue weighted by molar-refractivity contribution is 0.00658. The summed E-state index contributed by atoms with van der Waals surface area (Å²) in [4.78, 5) is 2.50. The lowest BCUT2D eigenvalue weighted by Gasteiger charge is -2.31. The molecule has 0 radical (unpaired) electrons. The van der Waals surface area contributed by atoms with Crippen molar-refractivity contribution in [3.8, 4) is 0 Å². The van der Waals surface area contributed by atoms with Crippen LogP contribution in [0.5, 0.6) is 0 Å². The number of hydrogen-bond donors (Lipinski definition) is 0. The zero-order valence-electron chi connectivity index (χ0n) is 12.5. The standard InChI is InChI=1S/C15H31NO2/c1-4-18-15-7-9-16(10-8-15)11-13-17-12-5-6-14(2)3/h14-15H,4-13H2,1-3H3. The molecule has 18 heavy (non-hydrogen) atoms. The van der Waals surface area contributed by atoms with Crippen molar-refractivity contribution in [2.24, 2.45) is 5.92 Å². The third kappa shape index (κ3) is 7.34. The summed E-state index contributed by atoms with van der Waals surface area (Å²) in [5.74, 6) is 0.797. The molecule has 0 atom stereocenters. The second kappa shape index (κ2) is 9.76.